The lowest BCUT2D eigenvalue weighted by atomic mass is 9.82. The van der Waals surface area contributed by atoms with Gasteiger partial charge in [0.15, 0.2) is 5.75 Å². The lowest BCUT2D eigenvalue weighted by molar-refractivity contribution is -0.139. The van der Waals surface area contributed by atoms with E-state index in [0.29, 0.717) is 32.7 Å². The van der Waals surface area contributed by atoms with Crippen molar-refractivity contribution in [3.63, 3.8) is 0 Å². The highest BCUT2D eigenvalue weighted by atomic mass is 35.5. The fourth-order valence-electron chi connectivity index (χ4n) is 3.55. The van der Waals surface area contributed by atoms with Crippen LogP contribution in [0.2, 0.25) is 10.0 Å². The van der Waals surface area contributed by atoms with E-state index in [-0.39, 0.29) is 36.0 Å². The van der Waals surface area contributed by atoms with Gasteiger partial charge in [-0.1, -0.05) is 35.3 Å². The summed E-state index contributed by atoms with van der Waals surface area (Å²) in [5, 5.41) is 10.5. The summed E-state index contributed by atoms with van der Waals surface area (Å²) in [5.74, 6) is -0.281. The van der Waals surface area contributed by atoms with E-state index in [0.717, 1.165) is 0 Å². The highest BCUT2D eigenvalue weighted by Crippen LogP contribution is 2.41. The second kappa shape index (κ2) is 10.5. The van der Waals surface area contributed by atoms with E-state index < -0.39 is 11.9 Å². The summed E-state index contributed by atoms with van der Waals surface area (Å²) in [7, 11) is 1.53. The topological polar surface area (TPSA) is 104 Å². The van der Waals surface area contributed by atoms with Gasteiger partial charge in [0.2, 0.25) is 5.88 Å². The van der Waals surface area contributed by atoms with Gasteiger partial charge in [0.25, 0.3) is 0 Å². The molecule has 33 heavy (non-hydrogen) atoms. The molecule has 3 rings (SSSR count). The molecule has 1 atom stereocenters. The van der Waals surface area contributed by atoms with E-state index in [4.69, 9.17) is 47.9 Å². The molecule has 0 radical (unpaired) electrons. The number of para-hydroxylation sites is 1. The Kier molecular flexibility index (Phi) is 7.75. The highest BCUT2D eigenvalue weighted by Gasteiger charge is 2.36. The maximum absolute atomic E-state index is 12.7. The molecule has 0 aliphatic carbocycles. The standard InChI is InChI=1S/C24H22Cl2N2O5/c1-4-31-24(29)20-13(2)33-23(28)16(11-27)21(20)14-8-9-19(30-3)15(10-14)12-32-22-17(25)6-5-7-18(22)26/h5-10,21H,4,12,28H2,1-3H3. The van der Waals surface area contributed by atoms with Crippen LogP contribution in [0.5, 0.6) is 11.5 Å². The van der Waals surface area contributed by atoms with Gasteiger partial charge < -0.3 is 24.7 Å². The molecular formula is C24H22Cl2N2O5. The molecule has 2 aromatic carbocycles. The van der Waals surface area contributed by atoms with Crippen LogP contribution in [0.25, 0.3) is 0 Å². The molecule has 0 bridgehead atoms. The summed E-state index contributed by atoms with van der Waals surface area (Å²) in [5.41, 5.74) is 7.55. The van der Waals surface area contributed by atoms with Crippen molar-refractivity contribution in [1.29, 1.82) is 5.26 Å². The minimum Gasteiger partial charge on any atom is -0.496 e. The number of ether oxygens (including phenoxy) is 4. The molecule has 1 heterocycles. The number of nitrogens with two attached hydrogens (primary N) is 1. The monoisotopic (exact) mass is 488 g/mol. The summed E-state index contributed by atoms with van der Waals surface area (Å²) in [6.07, 6.45) is 0. The minimum atomic E-state index is -0.781. The molecule has 1 aliphatic rings. The predicted molar refractivity (Wildman–Crippen MR) is 124 cm³/mol. The maximum atomic E-state index is 12.7. The highest BCUT2D eigenvalue weighted by molar-refractivity contribution is 6.37. The third kappa shape index (κ3) is 5.03. The largest absolute Gasteiger partial charge is 0.496 e. The van der Waals surface area contributed by atoms with Gasteiger partial charge in [0.05, 0.1) is 35.3 Å². The average Bonchev–Trinajstić information content (AvgIpc) is 2.78. The molecule has 0 saturated heterocycles. The molecule has 7 nitrogen and oxygen atoms in total. The molecule has 2 aromatic rings. The van der Waals surface area contributed by atoms with Crippen molar-refractivity contribution in [2.24, 2.45) is 5.73 Å². The lowest BCUT2D eigenvalue weighted by Gasteiger charge is -2.27. The SMILES string of the molecule is CCOC(=O)C1=C(C)OC(N)=C(C#N)C1c1ccc(OC)c(COc2c(Cl)cccc2Cl)c1. The van der Waals surface area contributed by atoms with Gasteiger partial charge >= 0.3 is 5.97 Å². The van der Waals surface area contributed by atoms with E-state index in [1.807, 2.05) is 0 Å². The van der Waals surface area contributed by atoms with Gasteiger partial charge in [0, 0.05) is 5.56 Å². The molecule has 2 N–H and O–H groups in total. The second-order valence-electron chi connectivity index (χ2n) is 7.03. The zero-order valence-corrected chi connectivity index (χ0v) is 19.8. The average molecular weight is 489 g/mol. The predicted octanol–water partition coefficient (Wildman–Crippen LogP) is 5.23. The Morgan fingerprint density at radius 2 is 1.94 bits per heavy atom. The molecule has 0 saturated carbocycles. The summed E-state index contributed by atoms with van der Waals surface area (Å²) in [4.78, 5) is 12.7. The van der Waals surface area contributed by atoms with E-state index in [9.17, 15) is 10.1 Å². The number of carbonyl (C=O) groups excluding carboxylic acids is 1. The van der Waals surface area contributed by atoms with E-state index in [2.05, 4.69) is 6.07 Å². The fourth-order valence-corrected chi connectivity index (χ4v) is 4.06. The quantitative estimate of drug-likeness (QED) is 0.532. The number of benzene rings is 2. The van der Waals surface area contributed by atoms with Gasteiger partial charge in [0.1, 0.15) is 29.8 Å². The molecule has 9 heteroatoms. The van der Waals surface area contributed by atoms with Gasteiger partial charge in [-0.25, -0.2) is 4.79 Å². The van der Waals surface area contributed by atoms with Crippen LogP contribution in [0.1, 0.15) is 30.9 Å². The minimum absolute atomic E-state index is 0.0653. The van der Waals surface area contributed by atoms with Gasteiger partial charge in [-0.2, -0.15) is 5.26 Å². The van der Waals surface area contributed by atoms with Gasteiger partial charge in [-0.15, -0.1) is 0 Å². The first-order chi connectivity index (χ1) is 15.8. The van der Waals surface area contributed by atoms with Crippen molar-refractivity contribution >= 4 is 29.2 Å². The Labute approximate surface area is 201 Å². The summed E-state index contributed by atoms with van der Waals surface area (Å²) in [6.45, 7) is 3.55. The van der Waals surface area contributed by atoms with Crippen molar-refractivity contribution in [3.8, 4) is 17.6 Å². The van der Waals surface area contributed by atoms with E-state index >= 15 is 0 Å². The number of methoxy groups -OCH3 is 1. The second-order valence-corrected chi connectivity index (χ2v) is 7.84. The summed E-state index contributed by atoms with van der Waals surface area (Å²) in [6, 6.07) is 12.4. The molecule has 0 spiro atoms. The zero-order chi connectivity index (χ0) is 24.1. The van der Waals surface area contributed by atoms with Crippen LogP contribution in [0.3, 0.4) is 0 Å². The number of rotatable bonds is 7. The lowest BCUT2D eigenvalue weighted by Crippen LogP contribution is -2.25. The Bertz CT molecular complexity index is 1160. The first-order valence-electron chi connectivity index (χ1n) is 10.0. The number of nitriles is 1. The third-order valence-corrected chi connectivity index (χ3v) is 5.62. The van der Waals surface area contributed by atoms with Crippen LogP contribution < -0.4 is 15.2 Å². The number of nitrogens with zero attached hydrogens (tertiary/aromatic N) is 1. The first kappa shape index (κ1) is 24.3. The van der Waals surface area contributed by atoms with Crippen molar-refractivity contribution in [2.75, 3.05) is 13.7 Å². The number of hydrogen-bond acceptors (Lipinski definition) is 7. The normalized spacial score (nSPS) is 15.6. The molecule has 1 aliphatic heterocycles. The van der Waals surface area contributed by atoms with Crippen LogP contribution >= 0.6 is 23.2 Å². The van der Waals surface area contributed by atoms with Crippen molar-refractivity contribution < 1.29 is 23.7 Å². The number of allylic oxidation sites excluding steroid dienone is 2. The van der Waals surface area contributed by atoms with Crippen LogP contribution in [-0.2, 0) is 20.9 Å². The fraction of sp³-hybridized carbons (Fsp3) is 0.250. The molecule has 1 unspecified atom stereocenters. The number of esters is 1. The van der Waals surface area contributed by atoms with E-state index in [1.165, 1.54) is 7.11 Å². The Morgan fingerprint density at radius 1 is 1.24 bits per heavy atom. The Balaban J connectivity index is 2.06. The number of halogens is 2. The maximum Gasteiger partial charge on any atom is 0.338 e. The molecule has 172 valence electrons. The van der Waals surface area contributed by atoms with Crippen molar-refractivity contribution in [3.05, 3.63) is 80.4 Å². The Hall–Kier alpha value is -3.34. The van der Waals surface area contributed by atoms with Gasteiger partial charge in [-0.05, 0) is 43.7 Å². The van der Waals surface area contributed by atoms with E-state index in [1.54, 1.807) is 50.2 Å². The summed E-state index contributed by atoms with van der Waals surface area (Å²) < 4.78 is 22.0. The first-order valence-corrected chi connectivity index (χ1v) is 10.8. The molecule has 0 amide bonds. The number of carbonyl (C=O) groups is 1. The van der Waals surface area contributed by atoms with Gasteiger partial charge in [-0.3, -0.25) is 0 Å². The Morgan fingerprint density at radius 3 is 2.55 bits per heavy atom. The summed E-state index contributed by atoms with van der Waals surface area (Å²) >= 11 is 12.4. The zero-order valence-electron chi connectivity index (χ0n) is 18.3. The van der Waals surface area contributed by atoms with Crippen LogP contribution in [0.4, 0.5) is 0 Å². The smallest absolute Gasteiger partial charge is 0.338 e. The van der Waals surface area contributed by atoms with Crippen LogP contribution in [-0.4, -0.2) is 19.7 Å². The van der Waals surface area contributed by atoms with Crippen molar-refractivity contribution in [2.45, 2.75) is 26.4 Å². The van der Waals surface area contributed by atoms with Crippen LogP contribution in [0.15, 0.2) is 59.2 Å². The molecule has 0 aromatic heterocycles. The third-order valence-electron chi connectivity index (χ3n) is 5.03. The van der Waals surface area contributed by atoms with Crippen molar-refractivity contribution in [1.82, 2.24) is 0 Å². The number of hydrogen-bond donors (Lipinski definition) is 1. The molecule has 0 fully saturated rings. The van der Waals surface area contributed by atoms with Crippen LogP contribution in [0, 0.1) is 11.3 Å². The molecular weight excluding hydrogens is 467 g/mol.